The van der Waals surface area contributed by atoms with Gasteiger partial charge in [0.25, 0.3) is 0 Å². The molecule has 0 aliphatic rings. The van der Waals surface area contributed by atoms with Crippen LogP contribution in [-0.4, -0.2) is 0 Å². The van der Waals surface area contributed by atoms with E-state index in [0.717, 1.165) is 17.1 Å². The molecule has 9 rings (SSSR count). The maximum atomic E-state index is 2.37. The first-order valence-electron chi connectivity index (χ1n) is 16.3. The number of benzene rings is 8. The Kier molecular flexibility index (Phi) is 7.07. The summed E-state index contributed by atoms with van der Waals surface area (Å²) in [4.78, 5) is 2.37. The number of fused-ring (bicyclic) bond motifs is 4. The molecule has 48 heavy (non-hydrogen) atoms. The van der Waals surface area contributed by atoms with Crippen LogP contribution in [0.5, 0.6) is 0 Å². The predicted molar refractivity (Wildman–Crippen MR) is 208 cm³/mol. The van der Waals surface area contributed by atoms with Crippen molar-refractivity contribution < 1.29 is 0 Å². The minimum Gasteiger partial charge on any atom is -0.310 e. The summed E-state index contributed by atoms with van der Waals surface area (Å²) in [5.74, 6) is 0. The van der Waals surface area contributed by atoms with E-state index >= 15 is 0 Å². The summed E-state index contributed by atoms with van der Waals surface area (Å²) in [6.07, 6.45) is 0. The molecule has 9 aromatic rings. The van der Waals surface area contributed by atoms with Gasteiger partial charge in [-0.05, 0) is 92.7 Å². The Balaban J connectivity index is 1.11. The molecule has 0 fully saturated rings. The van der Waals surface area contributed by atoms with E-state index in [0.29, 0.717) is 0 Å². The highest BCUT2D eigenvalue weighted by molar-refractivity contribution is 7.25. The van der Waals surface area contributed by atoms with Gasteiger partial charge in [0.2, 0.25) is 0 Å². The van der Waals surface area contributed by atoms with Gasteiger partial charge in [-0.25, -0.2) is 0 Å². The lowest BCUT2D eigenvalue weighted by Crippen LogP contribution is -2.09. The Bertz CT molecular complexity index is 2540. The first-order valence-corrected chi connectivity index (χ1v) is 17.2. The van der Waals surface area contributed by atoms with Gasteiger partial charge in [0.05, 0.1) is 0 Å². The molecular weight excluding hydrogens is 599 g/mol. The highest BCUT2D eigenvalue weighted by Crippen LogP contribution is 2.41. The van der Waals surface area contributed by atoms with Crippen LogP contribution in [0.15, 0.2) is 188 Å². The predicted octanol–water partition coefficient (Wildman–Crippen LogP) is 13.7. The van der Waals surface area contributed by atoms with E-state index in [2.05, 4.69) is 193 Å². The molecule has 1 heterocycles. The molecule has 0 unspecified atom stereocenters. The summed E-state index contributed by atoms with van der Waals surface area (Å²) in [7, 11) is 0. The highest BCUT2D eigenvalue weighted by Gasteiger charge is 2.16. The second-order valence-corrected chi connectivity index (χ2v) is 13.3. The van der Waals surface area contributed by atoms with Gasteiger partial charge in [-0.1, -0.05) is 140 Å². The number of thiophene rings is 1. The molecule has 226 valence electrons. The van der Waals surface area contributed by atoms with Crippen molar-refractivity contribution in [2.24, 2.45) is 0 Å². The molecule has 0 aliphatic carbocycles. The van der Waals surface area contributed by atoms with Crippen molar-refractivity contribution in [2.45, 2.75) is 0 Å². The number of rotatable bonds is 6. The number of hydrogen-bond acceptors (Lipinski definition) is 2. The van der Waals surface area contributed by atoms with Gasteiger partial charge in [-0.15, -0.1) is 11.3 Å². The quantitative estimate of drug-likeness (QED) is 0.177. The van der Waals surface area contributed by atoms with Crippen molar-refractivity contribution in [3.63, 3.8) is 0 Å². The molecule has 0 saturated heterocycles. The van der Waals surface area contributed by atoms with Gasteiger partial charge in [0, 0.05) is 37.2 Å². The number of nitrogens with zero attached hydrogens (tertiary/aromatic N) is 1. The first-order chi connectivity index (χ1) is 23.8. The highest BCUT2D eigenvalue weighted by atomic mass is 32.1. The summed E-state index contributed by atoms with van der Waals surface area (Å²) < 4.78 is 2.61. The molecule has 0 amide bonds. The lowest BCUT2D eigenvalue weighted by Gasteiger charge is -2.26. The van der Waals surface area contributed by atoms with Crippen LogP contribution >= 0.6 is 11.3 Å². The van der Waals surface area contributed by atoms with E-state index in [4.69, 9.17) is 0 Å². The first kappa shape index (κ1) is 28.3. The van der Waals surface area contributed by atoms with Crippen molar-refractivity contribution in [3.8, 4) is 33.4 Å². The lowest BCUT2D eigenvalue weighted by atomic mass is 9.95. The van der Waals surface area contributed by atoms with Gasteiger partial charge >= 0.3 is 0 Å². The molecule has 0 aliphatic heterocycles. The Labute approximate surface area is 284 Å². The van der Waals surface area contributed by atoms with E-state index in [-0.39, 0.29) is 0 Å². The fourth-order valence-electron chi connectivity index (χ4n) is 6.88. The van der Waals surface area contributed by atoms with Crippen molar-refractivity contribution >= 4 is 59.3 Å². The van der Waals surface area contributed by atoms with Crippen LogP contribution in [0.3, 0.4) is 0 Å². The van der Waals surface area contributed by atoms with Crippen LogP contribution in [0.2, 0.25) is 0 Å². The zero-order valence-electron chi connectivity index (χ0n) is 26.3. The second kappa shape index (κ2) is 12.0. The van der Waals surface area contributed by atoms with Crippen LogP contribution in [0.1, 0.15) is 0 Å². The van der Waals surface area contributed by atoms with Gasteiger partial charge in [0.1, 0.15) is 0 Å². The fraction of sp³-hybridized carbons (Fsp3) is 0. The zero-order chi connectivity index (χ0) is 31.9. The maximum Gasteiger partial charge on any atom is 0.0476 e. The van der Waals surface area contributed by atoms with Gasteiger partial charge in [-0.3, -0.25) is 0 Å². The summed E-state index contributed by atoms with van der Waals surface area (Å²) in [5, 5.41) is 5.16. The topological polar surface area (TPSA) is 3.24 Å². The molecule has 0 radical (unpaired) electrons. The molecular formula is C46H31NS. The van der Waals surface area contributed by atoms with Crippen molar-refractivity contribution in [1.82, 2.24) is 0 Å². The van der Waals surface area contributed by atoms with Crippen molar-refractivity contribution in [3.05, 3.63) is 188 Å². The van der Waals surface area contributed by atoms with Crippen LogP contribution in [-0.2, 0) is 0 Å². The summed E-state index contributed by atoms with van der Waals surface area (Å²) >= 11 is 1.86. The van der Waals surface area contributed by atoms with E-state index in [1.807, 2.05) is 11.3 Å². The minimum absolute atomic E-state index is 1.12. The zero-order valence-corrected chi connectivity index (χ0v) is 27.1. The van der Waals surface area contributed by atoms with Crippen LogP contribution in [0.25, 0.3) is 64.3 Å². The Morgan fingerprint density at radius 1 is 0.312 bits per heavy atom. The largest absolute Gasteiger partial charge is 0.310 e. The average molecular weight is 630 g/mol. The minimum atomic E-state index is 1.12. The van der Waals surface area contributed by atoms with Crippen LogP contribution in [0.4, 0.5) is 17.1 Å². The van der Waals surface area contributed by atoms with Gasteiger partial charge in [-0.2, -0.15) is 0 Å². The Hall–Kier alpha value is -5.96. The third kappa shape index (κ3) is 5.13. The Morgan fingerprint density at radius 2 is 0.854 bits per heavy atom. The summed E-state index contributed by atoms with van der Waals surface area (Å²) in [5.41, 5.74) is 10.7. The molecule has 0 saturated carbocycles. The summed E-state index contributed by atoms with van der Waals surface area (Å²) in [6, 6.07) is 68.1. The van der Waals surface area contributed by atoms with E-state index in [1.165, 1.54) is 64.3 Å². The molecule has 1 aromatic heterocycles. The lowest BCUT2D eigenvalue weighted by molar-refractivity contribution is 1.29. The maximum absolute atomic E-state index is 2.37. The third-order valence-corrected chi connectivity index (χ3v) is 10.4. The monoisotopic (exact) mass is 629 g/mol. The molecule has 0 spiro atoms. The normalized spacial score (nSPS) is 11.3. The fourth-order valence-corrected chi connectivity index (χ4v) is 8.02. The SMILES string of the molecule is c1ccc(-c2ccc(N(c3ccc(-c4cccc(-c5cccc6ccccc56)c4)cc3)c3ccc4c(c3)sc3ccccc34)cc2)cc1. The summed E-state index contributed by atoms with van der Waals surface area (Å²) in [6.45, 7) is 0. The molecule has 0 bridgehead atoms. The van der Waals surface area contributed by atoms with Crippen molar-refractivity contribution in [2.75, 3.05) is 4.90 Å². The van der Waals surface area contributed by atoms with Gasteiger partial charge < -0.3 is 4.90 Å². The smallest absolute Gasteiger partial charge is 0.0476 e. The number of hydrogen-bond donors (Lipinski definition) is 0. The number of anilines is 3. The van der Waals surface area contributed by atoms with E-state index in [1.54, 1.807) is 0 Å². The standard InChI is InChI=1S/C46H31NS/c1-2-10-32(11-3-1)33-20-24-38(25-21-33)47(40-28-29-44-43-17-6-7-19-45(43)48-46(44)31-40)39-26-22-34(23-27-39)36-14-8-15-37(30-36)42-18-9-13-35-12-4-5-16-41(35)42/h1-31H. The van der Waals surface area contributed by atoms with Crippen LogP contribution < -0.4 is 4.90 Å². The Morgan fingerprint density at radius 3 is 1.65 bits per heavy atom. The average Bonchev–Trinajstić information content (AvgIpc) is 3.54. The van der Waals surface area contributed by atoms with Crippen molar-refractivity contribution in [1.29, 1.82) is 0 Å². The van der Waals surface area contributed by atoms with E-state index < -0.39 is 0 Å². The second-order valence-electron chi connectivity index (χ2n) is 12.2. The molecule has 1 nitrogen and oxygen atoms in total. The van der Waals surface area contributed by atoms with Crippen LogP contribution in [0, 0.1) is 0 Å². The van der Waals surface area contributed by atoms with E-state index in [9.17, 15) is 0 Å². The molecule has 2 heteroatoms. The molecule has 0 N–H and O–H groups in total. The van der Waals surface area contributed by atoms with Gasteiger partial charge in [0.15, 0.2) is 0 Å². The third-order valence-electron chi connectivity index (χ3n) is 9.28. The molecule has 8 aromatic carbocycles. The molecule has 0 atom stereocenters.